The molecule has 0 spiro atoms. The highest BCUT2D eigenvalue weighted by Gasteiger charge is 2.15. The van der Waals surface area contributed by atoms with Crippen LogP contribution in [0.3, 0.4) is 0 Å². The van der Waals surface area contributed by atoms with Gasteiger partial charge in [-0.1, -0.05) is 30.7 Å². The summed E-state index contributed by atoms with van der Waals surface area (Å²) in [6.45, 7) is 4.46. The number of hydrogen-bond acceptors (Lipinski definition) is 5. The molecule has 3 aromatic heterocycles. The van der Waals surface area contributed by atoms with Crippen LogP contribution in [0, 0.1) is 6.92 Å². The summed E-state index contributed by atoms with van der Waals surface area (Å²) in [7, 11) is 0. The lowest BCUT2D eigenvalue weighted by molar-refractivity contribution is 0.681. The third-order valence-electron chi connectivity index (χ3n) is 4.01. The molecule has 0 bridgehead atoms. The van der Waals surface area contributed by atoms with Gasteiger partial charge in [0.25, 0.3) is 0 Å². The van der Waals surface area contributed by atoms with E-state index in [1.165, 1.54) is 0 Å². The molecule has 24 heavy (non-hydrogen) atoms. The van der Waals surface area contributed by atoms with Crippen molar-refractivity contribution in [3.63, 3.8) is 0 Å². The van der Waals surface area contributed by atoms with Gasteiger partial charge < -0.3 is 0 Å². The van der Waals surface area contributed by atoms with E-state index in [0.29, 0.717) is 17.4 Å². The Labute approximate surface area is 143 Å². The molecule has 0 fully saturated rings. The third kappa shape index (κ3) is 2.39. The number of rotatable bonds is 3. The van der Waals surface area contributed by atoms with Gasteiger partial charge in [0.05, 0.1) is 40.0 Å². The first kappa shape index (κ1) is 15.0. The van der Waals surface area contributed by atoms with Crippen molar-refractivity contribution in [2.24, 2.45) is 0 Å². The van der Waals surface area contributed by atoms with Crippen LogP contribution in [0.25, 0.3) is 22.1 Å². The quantitative estimate of drug-likeness (QED) is 0.573. The third-order valence-corrected chi connectivity index (χ3v) is 4.31. The smallest absolute Gasteiger partial charge is 0.162 e. The summed E-state index contributed by atoms with van der Waals surface area (Å²) in [6.07, 6.45) is 2.41. The van der Waals surface area contributed by atoms with E-state index in [2.05, 4.69) is 32.0 Å². The van der Waals surface area contributed by atoms with Gasteiger partial charge in [0.15, 0.2) is 10.8 Å². The number of hydrogen-bond donors (Lipinski definition) is 0. The van der Waals surface area contributed by atoms with Crippen LogP contribution in [-0.2, 0) is 13.0 Å². The first-order valence-corrected chi connectivity index (χ1v) is 8.13. The monoisotopic (exact) mass is 338 g/mol. The molecule has 0 aliphatic rings. The van der Waals surface area contributed by atoms with E-state index in [4.69, 9.17) is 11.6 Å². The molecular weight excluding hydrogens is 324 g/mol. The van der Waals surface area contributed by atoms with Gasteiger partial charge in [-0.15, -0.1) is 0 Å². The lowest BCUT2D eigenvalue weighted by atomic mass is 10.2. The predicted molar refractivity (Wildman–Crippen MR) is 93.1 cm³/mol. The molecule has 0 atom stereocenters. The number of para-hydroxylation sites is 2. The average molecular weight is 339 g/mol. The van der Waals surface area contributed by atoms with E-state index in [9.17, 15) is 0 Å². The number of aryl methyl sites for hydroxylation is 2. The summed E-state index contributed by atoms with van der Waals surface area (Å²) in [5.41, 5.74) is 4.98. The lowest BCUT2D eigenvalue weighted by Gasteiger charge is -2.06. The Morgan fingerprint density at radius 3 is 2.54 bits per heavy atom. The van der Waals surface area contributed by atoms with Gasteiger partial charge in [0.1, 0.15) is 6.33 Å². The normalized spacial score (nSPS) is 11.5. The minimum atomic E-state index is 0.389. The molecule has 4 aromatic rings. The highest BCUT2D eigenvalue weighted by Crippen LogP contribution is 2.22. The molecule has 7 heteroatoms. The van der Waals surface area contributed by atoms with Crippen molar-refractivity contribution in [2.75, 3.05) is 0 Å². The molecule has 0 saturated heterocycles. The zero-order valence-electron chi connectivity index (χ0n) is 13.4. The second-order valence-electron chi connectivity index (χ2n) is 5.57. The van der Waals surface area contributed by atoms with Crippen molar-refractivity contribution in [2.45, 2.75) is 26.8 Å². The van der Waals surface area contributed by atoms with Gasteiger partial charge in [0.2, 0.25) is 0 Å². The highest BCUT2D eigenvalue weighted by molar-refractivity contribution is 6.30. The summed E-state index contributed by atoms with van der Waals surface area (Å²) in [6, 6.07) is 7.67. The van der Waals surface area contributed by atoms with Crippen LogP contribution in [0.15, 0.2) is 30.6 Å². The van der Waals surface area contributed by atoms with Crippen LogP contribution < -0.4 is 0 Å². The fraction of sp³-hybridized carbons (Fsp3) is 0.235. The van der Waals surface area contributed by atoms with Crippen LogP contribution in [0.1, 0.15) is 24.0 Å². The SMILES string of the molecule is CCc1ncnc2c1c(C)nn2Cc1nc2ccccc2nc1Cl. The van der Waals surface area contributed by atoms with Gasteiger partial charge in [-0.3, -0.25) is 0 Å². The van der Waals surface area contributed by atoms with Crippen LogP contribution >= 0.6 is 11.6 Å². The summed E-state index contributed by atoms with van der Waals surface area (Å²) in [5, 5.41) is 6.00. The first-order chi connectivity index (χ1) is 11.7. The zero-order chi connectivity index (χ0) is 16.7. The molecule has 0 saturated carbocycles. The predicted octanol–water partition coefficient (Wildman–Crippen LogP) is 3.34. The molecule has 120 valence electrons. The van der Waals surface area contributed by atoms with Crippen LogP contribution in [0.4, 0.5) is 0 Å². The molecule has 0 amide bonds. The molecule has 0 aliphatic carbocycles. The van der Waals surface area contributed by atoms with Gasteiger partial charge in [-0.25, -0.2) is 24.6 Å². The number of nitrogens with zero attached hydrogens (tertiary/aromatic N) is 6. The Hall–Kier alpha value is -2.60. The molecule has 6 nitrogen and oxygen atoms in total. The second-order valence-corrected chi connectivity index (χ2v) is 5.92. The van der Waals surface area contributed by atoms with E-state index in [-0.39, 0.29) is 0 Å². The number of aromatic nitrogens is 6. The Bertz CT molecular complexity index is 1060. The van der Waals surface area contributed by atoms with Crippen molar-refractivity contribution in [3.05, 3.63) is 52.8 Å². The van der Waals surface area contributed by atoms with Crippen molar-refractivity contribution in [3.8, 4) is 0 Å². The van der Waals surface area contributed by atoms with E-state index in [0.717, 1.165) is 39.9 Å². The molecule has 0 unspecified atom stereocenters. The number of benzene rings is 1. The Balaban J connectivity index is 1.84. The number of halogens is 1. The molecular formula is C17H15ClN6. The highest BCUT2D eigenvalue weighted by atomic mass is 35.5. The molecule has 4 rings (SSSR count). The van der Waals surface area contributed by atoms with E-state index in [1.54, 1.807) is 6.33 Å². The van der Waals surface area contributed by atoms with E-state index in [1.807, 2.05) is 35.9 Å². The average Bonchev–Trinajstić information content (AvgIpc) is 2.92. The maximum Gasteiger partial charge on any atom is 0.162 e. The maximum atomic E-state index is 6.32. The molecule has 0 N–H and O–H groups in total. The Kier molecular flexibility index (Phi) is 3.61. The fourth-order valence-electron chi connectivity index (χ4n) is 2.89. The van der Waals surface area contributed by atoms with Crippen molar-refractivity contribution in [1.29, 1.82) is 0 Å². The Morgan fingerprint density at radius 2 is 1.79 bits per heavy atom. The largest absolute Gasteiger partial charge is 0.246 e. The van der Waals surface area contributed by atoms with Crippen LogP contribution in [0.2, 0.25) is 5.15 Å². The van der Waals surface area contributed by atoms with Gasteiger partial charge in [-0.2, -0.15) is 5.10 Å². The fourth-order valence-corrected chi connectivity index (χ4v) is 3.09. The summed E-state index contributed by atoms with van der Waals surface area (Å²) in [4.78, 5) is 17.8. The standard InChI is InChI=1S/C17H15ClN6/c1-3-11-15-10(2)23-24(17(15)20-9-19-11)8-14-16(18)22-13-7-5-4-6-12(13)21-14/h4-7,9H,3,8H2,1-2H3. The van der Waals surface area contributed by atoms with Crippen molar-refractivity contribution >= 4 is 33.7 Å². The molecule has 0 aliphatic heterocycles. The first-order valence-electron chi connectivity index (χ1n) is 7.75. The number of fused-ring (bicyclic) bond motifs is 2. The topological polar surface area (TPSA) is 69.4 Å². The van der Waals surface area contributed by atoms with E-state index >= 15 is 0 Å². The minimum Gasteiger partial charge on any atom is -0.246 e. The lowest BCUT2D eigenvalue weighted by Crippen LogP contribution is -2.07. The van der Waals surface area contributed by atoms with Gasteiger partial charge in [-0.05, 0) is 25.5 Å². The van der Waals surface area contributed by atoms with Gasteiger partial charge >= 0.3 is 0 Å². The van der Waals surface area contributed by atoms with Crippen LogP contribution in [-0.4, -0.2) is 29.7 Å². The van der Waals surface area contributed by atoms with Crippen molar-refractivity contribution in [1.82, 2.24) is 29.7 Å². The summed E-state index contributed by atoms with van der Waals surface area (Å²) < 4.78 is 1.82. The second kappa shape index (κ2) is 5.79. The summed E-state index contributed by atoms with van der Waals surface area (Å²) >= 11 is 6.32. The molecule has 0 radical (unpaired) electrons. The van der Waals surface area contributed by atoms with Gasteiger partial charge in [0, 0.05) is 0 Å². The minimum absolute atomic E-state index is 0.389. The summed E-state index contributed by atoms with van der Waals surface area (Å²) in [5.74, 6) is 0. The van der Waals surface area contributed by atoms with Crippen molar-refractivity contribution < 1.29 is 0 Å². The van der Waals surface area contributed by atoms with E-state index < -0.39 is 0 Å². The van der Waals surface area contributed by atoms with Crippen LogP contribution in [0.5, 0.6) is 0 Å². The molecule has 1 aromatic carbocycles. The maximum absolute atomic E-state index is 6.32. The zero-order valence-corrected chi connectivity index (χ0v) is 14.1. The Morgan fingerprint density at radius 1 is 1.04 bits per heavy atom. The molecule has 3 heterocycles.